The molecule has 0 saturated carbocycles. The molecule has 0 radical (unpaired) electrons. The standard InChI is InChI=1S/C27H21F2NO3/c1-32-26-12-5-19(16-21(26)18-33-27-13-8-22(28)17-24(27)29)4-11-25(31)20-6-9-23(10-7-20)30-14-2-3-15-30/h2-17H,18H2,1H3/b11-4+. The maximum atomic E-state index is 13.8. The van der Waals surface area contributed by atoms with Crippen LogP contribution in [0.5, 0.6) is 11.5 Å². The van der Waals surface area contributed by atoms with E-state index in [1.807, 2.05) is 41.2 Å². The van der Waals surface area contributed by atoms with Gasteiger partial charge < -0.3 is 14.0 Å². The van der Waals surface area contributed by atoms with Crippen LogP contribution in [-0.4, -0.2) is 17.5 Å². The van der Waals surface area contributed by atoms with Crippen molar-refractivity contribution in [2.24, 2.45) is 0 Å². The lowest BCUT2D eigenvalue weighted by molar-refractivity contribution is 0.104. The van der Waals surface area contributed by atoms with Crippen LogP contribution >= 0.6 is 0 Å². The Balaban J connectivity index is 1.46. The van der Waals surface area contributed by atoms with Gasteiger partial charge in [0.15, 0.2) is 17.3 Å². The summed E-state index contributed by atoms with van der Waals surface area (Å²) in [5.74, 6) is -1.08. The van der Waals surface area contributed by atoms with E-state index < -0.39 is 11.6 Å². The fourth-order valence-electron chi connectivity index (χ4n) is 3.34. The molecule has 0 fully saturated rings. The Kier molecular flexibility index (Phi) is 6.64. The molecule has 3 aromatic carbocycles. The van der Waals surface area contributed by atoms with E-state index in [1.54, 1.807) is 36.4 Å². The molecular weight excluding hydrogens is 424 g/mol. The zero-order chi connectivity index (χ0) is 23.2. The molecule has 4 nitrogen and oxygen atoms in total. The number of carbonyl (C=O) groups is 1. The van der Waals surface area contributed by atoms with E-state index in [2.05, 4.69) is 0 Å². The molecule has 33 heavy (non-hydrogen) atoms. The number of aromatic nitrogens is 1. The van der Waals surface area contributed by atoms with E-state index in [0.29, 0.717) is 16.9 Å². The minimum absolute atomic E-state index is 0.0161. The van der Waals surface area contributed by atoms with Gasteiger partial charge in [-0.05, 0) is 72.3 Å². The summed E-state index contributed by atoms with van der Waals surface area (Å²) in [5.41, 5.74) is 2.96. The lowest BCUT2D eigenvalue weighted by atomic mass is 10.1. The molecule has 0 amide bonds. The number of ether oxygens (including phenoxy) is 2. The molecule has 0 spiro atoms. The smallest absolute Gasteiger partial charge is 0.185 e. The van der Waals surface area contributed by atoms with Crippen molar-refractivity contribution in [2.75, 3.05) is 7.11 Å². The first-order valence-electron chi connectivity index (χ1n) is 10.2. The van der Waals surface area contributed by atoms with Gasteiger partial charge in [0.05, 0.1) is 7.11 Å². The molecule has 0 bridgehead atoms. The largest absolute Gasteiger partial charge is 0.496 e. The fraction of sp³-hybridized carbons (Fsp3) is 0.0741. The third-order valence-electron chi connectivity index (χ3n) is 5.06. The van der Waals surface area contributed by atoms with Crippen molar-refractivity contribution in [3.63, 3.8) is 0 Å². The highest BCUT2D eigenvalue weighted by atomic mass is 19.1. The van der Waals surface area contributed by atoms with Crippen LogP contribution in [0.15, 0.2) is 91.3 Å². The number of hydrogen-bond acceptors (Lipinski definition) is 3. The first-order chi connectivity index (χ1) is 16.0. The third-order valence-corrected chi connectivity index (χ3v) is 5.06. The Morgan fingerprint density at radius 2 is 1.67 bits per heavy atom. The fourth-order valence-corrected chi connectivity index (χ4v) is 3.34. The van der Waals surface area contributed by atoms with Crippen LogP contribution in [0.3, 0.4) is 0 Å². The first kappa shape index (κ1) is 22.0. The molecule has 1 heterocycles. The van der Waals surface area contributed by atoms with Crippen molar-refractivity contribution < 1.29 is 23.0 Å². The predicted molar refractivity (Wildman–Crippen MR) is 123 cm³/mol. The van der Waals surface area contributed by atoms with Crippen molar-refractivity contribution in [3.8, 4) is 17.2 Å². The number of nitrogens with zero attached hydrogens (tertiary/aromatic N) is 1. The molecular formula is C27H21F2NO3. The summed E-state index contributed by atoms with van der Waals surface area (Å²) in [7, 11) is 1.52. The highest BCUT2D eigenvalue weighted by Gasteiger charge is 2.09. The summed E-state index contributed by atoms with van der Waals surface area (Å²) in [6.07, 6.45) is 7.07. The molecule has 0 aliphatic heterocycles. The summed E-state index contributed by atoms with van der Waals surface area (Å²) in [6.45, 7) is 0.0161. The van der Waals surface area contributed by atoms with Gasteiger partial charge in [-0.2, -0.15) is 0 Å². The second kappa shape index (κ2) is 9.96. The molecule has 4 rings (SSSR count). The van der Waals surface area contributed by atoms with Gasteiger partial charge in [0.25, 0.3) is 0 Å². The van der Waals surface area contributed by atoms with E-state index in [0.717, 1.165) is 23.4 Å². The first-order valence-corrected chi connectivity index (χ1v) is 10.2. The Hall–Kier alpha value is -4.19. The van der Waals surface area contributed by atoms with Gasteiger partial charge in [0.2, 0.25) is 0 Å². The topological polar surface area (TPSA) is 40.5 Å². The van der Waals surface area contributed by atoms with Crippen molar-refractivity contribution in [1.82, 2.24) is 4.57 Å². The van der Waals surface area contributed by atoms with Crippen LogP contribution in [-0.2, 0) is 6.61 Å². The molecule has 0 N–H and O–H groups in total. The molecule has 0 aliphatic carbocycles. The van der Waals surface area contributed by atoms with Crippen LogP contribution in [0.2, 0.25) is 0 Å². The van der Waals surface area contributed by atoms with Gasteiger partial charge in [-0.1, -0.05) is 12.1 Å². The number of benzene rings is 3. The van der Waals surface area contributed by atoms with Gasteiger partial charge in [0, 0.05) is 35.3 Å². The van der Waals surface area contributed by atoms with Crippen molar-refractivity contribution in [1.29, 1.82) is 0 Å². The molecule has 6 heteroatoms. The average molecular weight is 445 g/mol. The molecule has 166 valence electrons. The summed E-state index contributed by atoms with van der Waals surface area (Å²) < 4.78 is 39.7. The van der Waals surface area contributed by atoms with Gasteiger partial charge in [0.1, 0.15) is 18.2 Å². The maximum Gasteiger partial charge on any atom is 0.185 e. The molecule has 1 aromatic heterocycles. The van der Waals surface area contributed by atoms with E-state index in [9.17, 15) is 13.6 Å². The minimum atomic E-state index is -0.779. The molecule has 0 atom stereocenters. The number of methoxy groups -OCH3 is 1. The van der Waals surface area contributed by atoms with Gasteiger partial charge in [-0.25, -0.2) is 8.78 Å². The van der Waals surface area contributed by atoms with Crippen LogP contribution in [0.1, 0.15) is 21.5 Å². The van der Waals surface area contributed by atoms with E-state index in [1.165, 1.54) is 19.3 Å². The predicted octanol–water partition coefficient (Wildman–Crippen LogP) is 6.24. The summed E-state index contributed by atoms with van der Waals surface area (Å²) in [4.78, 5) is 12.6. The van der Waals surface area contributed by atoms with Crippen molar-refractivity contribution in [3.05, 3.63) is 120 Å². The lowest BCUT2D eigenvalue weighted by Crippen LogP contribution is -2.01. The quantitative estimate of drug-likeness (QED) is 0.238. The lowest BCUT2D eigenvalue weighted by Gasteiger charge is -2.12. The SMILES string of the molecule is COc1ccc(/C=C/C(=O)c2ccc(-n3cccc3)cc2)cc1COc1ccc(F)cc1F. The Labute approximate surface area is 190 Å². The summed E-state index contributed by atoms with van der Waals surface area (Å²) in [6, 6.07) is 19.7. The minimum Gasteiger partial charge on any atom is -0.496 e. The average Bonchev–Trinajstić information content (AvgIpc) is 3.37. The number of hydrogen-bond donors (Lipinski definition) is 0. The van der Waals surface area contributed by atoms with Gasteiger partial charge in [-0.15, -0.1) is 0 Å². The van der Waals surface area contributed by atoms with E-state index in [-0.39, 0.29) is 18.1 Å². The number of carbonyl (C=O) groups excluding carboxylic acids is 1. The number of ketones is 1. The summed E-state index contributed by atoms with van der Waals surface area (Å²) in [5, 5.41) is 0. The zero-order valence-corrected chi connectivity index (χ0v) is 17.9. The summed E-state index contributed by atoms with van der Waals surface area (Å²) >= 11 is 0. The molecule has 4 aromatic rings. The van der Waals surface area contributed by atoms with E-state index >= 15 is 0 Å². The highest BCUT2D eigenvalue weighted by molar-refractivity contribution is 6.06. The van der Waals surface area contributed by atoms with Crippen LogP contribution in [0.25, 0.3) is 11.8 Å². The Morgan fingerprint density at radius 3 is 2.36 bits per heavy atom. The zero-order valence-electron chi connectivity index (χ0n) is 17.9. The maximum absolute atomic E-state index is 13.8. The van der Waals surface area contributed by atoms with Gasteiger partial charge in [-0.3, -0.25) is 4.79 Å². The highest BCUT2D eigenvalue weighted by Crippen LogP contribution is 2.25. The van der Waals surface area contributed by atoms with E-state index in [4.69, 9.17) is 9.47 Å². The number of halogens is 2. The molecule has 0 unspecified atom stereocenters. The van der Waals surface area contributed by atoms with Crippen LogP contribution in [0.4, 0.5) is 8.78 Å². The molecule has 0 aliphatic rings. The third kappa shape index (κ3) is 5.36. The van der Waals surface area contributed by atoms with Crippen LogP contribution < -0.4 is 9.47 Å². The van der Waals surface area contributed by atoms with Crippen molar-refractivity contribution >= 4 is 11.9 Å². The normalized spacial score (nSPS) is 11.0. The monoisotopic (exact) mass is 445 g/mol. The molecule has 0 saturated heterocycles. The Bertz CT molecular complexity index is 1280. The second-order valence-electron chi connectivity index (χ2n) is 7.27. The Morgan fingerprint density at radius 1 is 0.939 bits per heavy atom. The van der Waals surface area contributed by atoms with Crippen molar-refractivity contribution in [2.45, 2.75) is 6.61 Å². The number of allylic oxidation sites excluding steroid dienone is 1. The second-order valence-corrected chi connectivity index (χ2v) is 7.27. The van der Waals surface area contributed by atoms with Crippen LogP contribution in [0, 0.1) is 11.6 Å². The number of rotatable bonds is 8. The van der Waals surface area contributed by atoms with Gasteiger partial charge >= 0.3 is 0 Å².